The van der Waals surface area contributed by atoms with E-state index in [1.54, 1.807) is 6.08 Å². The second kappa shape index (κ2) is 9.91. The lowest BCUT2D eigenvalue weighted by Crippen LogP contribution is -2.50. The number of hydrogen-bond donors (Lipinski definition) is 1. The van der Waals surface area contributed by atoms with Crippen LogP contribution in [0.3, 0.4) is 0 Å². The fourth-order valence-electron chi connectivity index (χ4n) is 3.12. The van der Waals surface area contributed by atoms with Gasteiger partial charge >= 0.3 is 0 Å². The third-order valence-electron chi connectivity index (χ3n) is 4.69. The number of anilines is 1. The Balaban J connectivity index is 1.44. The molecule has 2 aromatic rings. The first-order chi connectivity index (χ1) is 13.9. The molecule has 0 radical (unpaired) electrons. The molecule has 0 saturated carbocycles. The predicted octanol–water partition coefficient (Wildman–Crippen LogP) is 2.62. The number of piperazine rings is 1. The van der Waals surface area contributed by atoms with Crippen LogP contribution in [-0.4, -0.2) is 57.1 Å². The lowest BCUT2D eigenvalue weighted by Gasteiger charge is -2.35. The van der Waals surface area contributed by atoms with Gasteiger partial charge in [-0.05, 0) is 29.8 Å². The van der Waals surface area contributed by atoms with Crippen molar-refractivity contribution >= 4 is 39.3 Å². The Morgan fingerprint density at radius 2 is 1.76 bits per heavy atom. The standard InChI is InChI=1S/C21H24ClN3O3S/c22-19-7-4-8-20(17-19)24-12-14-25(15-13-24)29(27,28)16-11-23-21(26)10-9-18-5-2-1-3-6-18/h1-10,17H,11-16H2,(H,23,26). The van der Waals surface area contributed by atoms with Crippen molar-refractivity contribution in [2.75, 3.05) is 43.4 Å². The van der Waals surface area contributed by atoms with Gasteiger partial charge in [-0.15, -0.1) is 0 Å². The van der Waals surface area contributed by atoms with Crippen LogP contribution in [-0.2, 0) is 14.8 Å². The van der Waals surface area contributed by atoms with E-state index in [1.165, 1.54) is 10.4 Å². The number of hydrogen-bond acceptors (Lipinski definition) is 4. The highest BCUT2D eigenvalue weighted by atomic mass is 35.5. The zero-order valence-electron chi connectivity index (χ0n) is 16.0. The summed E-state index contributed by atoms with van der Waals surface area (Å²) in [5.74, 6) is -0.426. The van der Waals surface area contributed by atoms with E-state index in [-0.39, 0.29) is 18.2 Å². The van der Waals surface area contributed by atoms with Crippen LogP contribution < -0.4 is 10.2 Å². The zero-order valence-corrected chi connectivity index (χ0v) is 17.6. The highest BCUT2D eigenvalue weighted by Gasteiger charge is 2.26. The maximum atomic E-state index is 12.6. The summed E-state index contributed by atoms with van der Waals surface area (Å²) in [6, 6.07) is 17.0. The number of nitrogens with zero attached hydrogens (tertiary/aromatic N) is 2. The minimum atomic E-state index is -3.42. The SMILES string of the molecule is O=C(C=Cc1ccccc1)NCCS(=O)(=O)N1CCN(c2cccc(Cl)c2)CC1. The molecule has 0 bridgehead atoms. The minimum Gasteiger partial charge on any atom is -0.369 e. The summed E-state index contributed by atoms with van der Waals surface area (Å²) in [6.45, 7) is 2.11. The highest BCUT2D eigenvalue weighted by molar-refractivity contribution is 7.89. The number of amides is 1. The van der Waals surface area contributed by atoms with Crippen LogP contribution in [0.4, 0.5) is 5.69 Å². The van der Waals surface area contributed by atoms with Gasteiger partial charge in [0, 0.05) is 49.5 Å². The maximum absolute atomic E-state index is 12.6. The second-order valence-electron chi connectivity index (χ2n) is 6.72. The molecule has 2 aromatic carbocycles. The first kappa shape index (κ1) is 21.4. The van der Waals surface area contributed by atoms with Crippen molar-refractivity contribution in [1.82, 2.24) is 9.62 Å². The van der Waals surface area contributed by atoms with Gasteiger partial charge in [-0.1, -0.05) is 48.0 Å². The van der Waals surface area contributed by atoms with Crippen LogP contribution in [0, 0.1) is 0 Å². The molecular weight excluding hydrogens is 410 g/mol. The molecular formula is C21H24ClN3O3S. The molecule has 0 spiro atoms. The van der Waals surface area contributed by atoms with Gasteiger partial charge in [-0.2, -0.15) is 4.31 Å². The molecule has 0 unspecified atom stereocenters. The van der Waals surface area contributed by atoms with Crippen LogP contribution in [0.15, 0.2) is 60.7 Å². The van der Waals surface area contributed by atoms with Gasteiger partial charge in [-0.25, -0.2) is 8.42 Å². The summed E-state index contributed by atoms with van der Waals surface area (Å²) in [4.78, 5) is 14.0. The summed E-state index contributed by atoms with van der Waals surface area (Å²) in [6.07, 6.45) is 3.10. The molecule has 0 aromatic heterocycles. The maximum Gasteiger partial charge on any atom is 0.244 e. The number of nitrogens with one attached hydrogen (secondary N) is 1. The summed E-state index contributed by atoms with van der Waals surface area (Å²) in [5.41, 5.74) is 1.90. The van der Waals surface area contributed by atoms with Gasteiger partial charge in [0.2, 0.25) is 15.9 Å². The van der Waals surface area contributed by atoms with E-state index in [0.717, 1.165) is 11.3 Å². The summed E-state index contributed by atoms with van der Waals surface area (Å²) in [5, 5.41) is 3.29. The average molecular weight is 434 g/mol. The molecule has 1 aliphatic heterocycles. The van der Waals surface area contributed by atoms with Crippen LogP contribution in [0.2, 0.25) is 5.02 Å². The lowest BCUT2D eigenvalue weighted by molar-refractivity contribution is -0.116. The largest absolute Gasteiger partial charge is 0.369 e. The van der Waals surface area contributed by atoms with Gasteiger partial charge in [0.25, 0.3) is 0 Å². The molecule has 1 aliphatic rings. The van der Waals surface area contributed by atoms with E-state index in [1.807, 2.05) is 54.6 Å². The van der Waals surface area contributed by atoms with E-state index in [9.17, 15) is 13.2 Å². The molecule has 29 heavy (non-hydrogen) atoms. The number of rotatable bonds is 7. The third-order valence-corrected chi connectivity index (χ3v) is 6.80. The van der Waals surface area contributed by atoms with Crippen molar-refractivity contribution < 1.29 is 13.2 Å². The fraction of sp³-hybridized carbons (Fsp3) is 0.286. The molecule has 0 atom stereocenters. The molecule has 6 nitrogen and oxygen atoms in total. The zero-order chi connectivity index (χ0) is 20.7. The van der Waals surface area contributed by atoms with Crippen molar-refractivity contribution in [3.05, 3.63) is 71.3 Å². The molecule has 1 fully saturated rings. The van der Waals surface area contributed by atoms with Crippen LogP contribution >= 0.6 is 11.6 Å². The second-order valence-corrected chi connectivity index (χ2v) is 9.24. The monoisotopic (exact) mass is 433 g/mol. The normalized spacial score (nSPS) is 15.6. The molecule has 1 amide bonds. The predicted molar refractivity (Wildman–Crippen MR) is 118 cm³/mol. The van der Waals surface area contributed by atoms with E-state index in [2.05, 4.69) is 10.2 Å². The average Bonchev–Trinajstić information content (AvgIpc) is 2.73. The number of halogens is 1. The topological polar surface area (TPSA) is 69.7 Å². The molecule has 8 heteroatoms. The molecule has 1 N–H and O–H groups in total. The van der Waals surface area contributed by atoms with E-state index in [0.29, 0.717) is 31.2 Å². The Kier molecular flexibility index (Phi) is 7.30. The van der Waals surface area contributed by atoms with Crippen LogP contribution in [0.25, 0.3) is 6.08 Å². The third kappa shape index (κ3) is 6.32. The summed E-state index contributed by atoms with van der Waals surface area (Å²) in [7, 11) is -3.42. The Morgan fingerprint density at radius 1 is 1.03 bits per heavy atom. The summed E-state index contributed by atoms with van der Waals surface area (Å²) >= 11 is 6.03. The number of carbonyl (C=O) groups excluding carboxylic acids is 1. The fourth-order valence-corrected chi connectivity index (χ4v) is 4.65. The highest BCUT2D eigenvalue weighted by Crippen LogP contribution is 2.21. The first-order valence-electron chi connectivity index (χ1n) is 9.43. The summed E-state index contributed by atoms with van der Waals surface area (Å²) < 4.78 is 26.6. The van der Waals surface area contributed by atoms with Crippen molar-refractivity contribution in [2.45, 2.75) is 0 Å². The first-order valence-corrected chi connectivity index (χ1v) is 11.4. The quantitative estimate of drug-likeness (QED) is 0.681. The molecule has 1 heterocycles. The number of carbonyl (C=O) groups is 1. The Morgan fingerprint density at radius 3 is 2.45 bits per heavy atom. The van der Waals surface area contributed by atoms with Crippen molar-refractivity contribution in [2.24, 2.45) is 0 Å². The van der Waals surface area contributed by atoms with Gasteiger partial charge in [-0.3, -0.25) is 4.79 Å². The Labute approximate surface area is 176 Å². The smallest absolute Gasteiger partial charge is 0.244 e. The minimum absolute atomic E-state index is 0.0782. The van der Waals surface area contributed by atoms with E-state index >= 15 is 0 Å². The molecule has 3 rings (SSSR count). The van der Waals surface area contributed by atoms with Gasteiger partial charge in [0.05, 0.1) is 5.75 Å². The van der Waals surface area contributed by atoms with Gasteiger partial charge < -0.3 is 10.2 Å². The number of benzene rings is 2. The van der Waals surface area contributed by atoms with Crippen molar-refractivity contribution in [3.8, 4) is 0 Å². The van der Waals surface area contributed by atoms with E-state index in [4.69, 9.17) is 11.6 Å². The van der Waals surface area contributed by atoms with Crippen LogP contribution in [0.5, 0.6) is 0 Å². The van der Waals surface area contributed by atoms with Crippen LogP contribution in [0.1, 0.15) is 5.56 Å². The molecule has 1 saturated heterocycles. The van der Waals surface area contributed by atoms with Crippen molar-refractivity contribution in [1.29, 1.82) is 0 Å². The van der Waals surface area contributed by atoms with Gasteiger partial charge in [0.1, 0.15) is 0 Å². The Hall–Kier alpha value is -2.35. The van der Waals surface area contributed by atoms with Crippen molar-refractivity contribution in [3.63, 3.8) is 0 Å². The Bertz CT molecular complexity index is 956. The number of sulfonamides is 1. The van der Waals surface area contributed by atoms with Gasteiger partial charge in [0.15, 0.2) is 0 Å². The van der Waals surface area contributed by atoms with E-state index < -0.39 is 10.0 Å². The molecule has 0 aliphatic carbocycles. The molecule has 154 valence electrons. The lowest BCUT2D eigenvalue weighted by atomic mass is 10.2.